The Bertz CT molecular complexity index is 2730. The highest BCUT2D eigenvalue weighted by molar-refractivity contribution is 5.94. The molecule has 0 atom stereocenters. The topological polar surface area (TPSA) is 71.8 Å². The number of rotatable bonds is 4. The summed E-state index contributed by atoms with van der Waals surface area (Å²) in [4.78, 5) is 19.4. The lowest BCUT2D eigenvalue weighted by Crippen LogP contribution is -2.17. The van der Waals surface area contributed by atoms with Crippen LogP contribution >= 0.6 is 0 Å². The van der Waals surface area contributed by atoms with Crippen molar-refractivity contribution in [3.8, 4) is 73.3 Å². The quantitative estimate of drug-likeness (QED) is 0.200. The van der Waals surface area contributed by atoms with E-state index in [4.69, 9.17) is 15.0 Å². The average molecular weight is 685 g/mol. The molecule has 8 aromatic rings. The molecule has 5 heteroatoms. The third-order valence-corrected chi connectivity index (χ3v) is 11.5. The fourth-order valence-corrected chi connectivity index (χ4v) is 8.57. The van der Waals surface area contributed by atoms with E-state index in [2.05, 4.69) is 81.2 Å². The Morgan fingerprint density at radius 3 is 1.45 bits per heavy atom. The van der Waals surface area contributed by atoms with Crippen molar-refractivity contribution >= 4 is 10.9 Å². The Kier molecular flexibility index (Phi) is 6.65. The van der Waals surface area contributed by atoms with Crippen molar-refractivity contribution in [2.24, 2.45) is 0 Å². The molecule has 2 heterocycles. The summed E-state index contributed by atoms with van der Waals surface area (Å²) in [7, 11) is 0. The molecule has 0 spiro atoms. The smallest absolute Gasteiger partial charge is 0.164 e. The first kappa shape index (κ1) is 31.3. The van der Waals surface area contributed by atoms with E-state index in [0.29, 0.717) is 23.0 Å². The molecule has 0 unspecified atom stereocenters. The second-order valence-corrected chi connectivity index (χ2v) is 15.3. The largest absolute Gasteiger partial charge is 0.505 e. The first-order valence-corrected chi connectivity index (χ1v) is 18.1. The van der Waals surface area contributed by atoms with Crippen LogP contribution in [0.15, 0.2) is 140 Å². The summed E-state index contributed by atoms with van der Waals surface area (Å²) in [5.41, 5.74) is 15.0. The van der Waals surface area contributed by atoms with Gasteiger partial charge in [-0.1, -0.05) is 125 Å². The van der Waals surface area contributed by atoms with Crippen LogP contribution in [0.25, 0.3) is 78.4 Å². The number of hydrogen-bond donors (Lipinski definition) is 1. The van der Waals surface area contributed by atoms with E-state index in [1.165, 1.54) is 44.5 Å². The summed E-state index contributed by atoms with van der Waals surface area (Å²) in [6.45, 7) is 9.28. The van der Waals surface area contributed by atoms with Crippen LogP contribution in [-0.4, -0.2) is 25.0 Å². The van der Waals surface area contributed by atoms with Crippen molar-refractivity contribution < 1.29 is 5.11 Å². The Hall–Kier alpha value is -6.46. The van der Waals surface area contributed by atoms with Gasteiger partial charge in [0.2, 0.25) is 0 Å². The maximum atomic E-state index is 11.3. The predicted octanol–water partition coefficient (Wildman–Crippen LogP) is 11.4. The van der Waals surface area contributed by atoms with Crippen molar-refractivity contribution in [2.75, 3.05) is 0 Å². The van der Waals surface area contributed by atoms with E-state index in [0.717, 1.165) is 33.2 Å². The maximum absolute atomic E-state index is 11.3. The van der Waals surface area contributed by atoms with E-state index in [1.54, 1.807) is 6.20 Å². The predicted molar refractivity (Wildman–Crippen MR) is 214 cm³/mol. The number of aromatic hydroxyl groups is 1. The van der Waals surface area contributed by atoms with Crippen molar-refractivity contribution in [3.63, 3.8) is 0 Å². The Morgan fingerprint density at radius 1 is 0.415 bits per heavy atom. The highest BCUT2D eigenvalue weighted by Crippen LogP contribution is 2.57. The lowest BCUT2D eigenvalue weighted by molar-refractivity contribution is 0.482. The van der Waals surface area contributed by atoms with Gasteiger partial charge in [-0.25, -0.2) is 15.0 Å². The number of fused-ring (bicyclic) bond motifs is 7. The van der Waals surface area contributed by atoms with E-state index < -0.39 is 0 Å². The lowest BCUT2D eigenvalue weighted by atomic mass is 9.79. The van der Waals surface area contributed by atoms with Gasteiger partial charge in [-0.3, -0.25) is 4.98 Å². The number of benzene rings is 6. The van der Waals surface area contributed by atoms with Gasteiger partial charge in [0.1, 0.15) is 11.3 Å². The minimum Gasteiger partial charge on any atom is -0.505 e. The van der Waals surface area contributed by atoms with Gasteiger partial charge in [0, 0.05) is 44.7 Å². The molecule has 0 amide bonds. The molecule has 0 saturated heterocycles. The minimum atomic E-state index is -0.246. The molecular weight excluding hydrogens is 649 g/mol. The van der Waals surface area contributed by atoms with Gasteiger partial charge >= 0.3 is 0 Å². The molecule has 5 nitrogen and oxygen atoms in total. The molecule has 0 fully saturated rings. The lowest BCUT2D eigenvalue weighted by Gasteiger charge is -2.24. The molecule has 2 aromatic heterocycles. The normalized spacial score (nSPS) is 14.4. The van der Waals surface area contributed by atoms with Crippen LogP contribution in [0.5, 0.6) is 5.75 Å². The first-order chi connectivity index (χ1) is 25.7. The zero-order valence-corrected chi connectivity index (χ0v) is 30.0. The van der Waals surface area contributed by atoms with Gasteiger partial charge in [0.15, 0.2) is 17.5 Å². The third kappa shape index (κ3) is 4.70. The van der Waals surface area contributed by atoms with Gasteiger partial charge in [-0.05, 0) is 86.5 Å². The number of phenols is 1. The summed E-state index contributed by atoms with van der Waals surface area (Å²) < 4.78 is 0. The molecule has 6 aromatic carbocycles. The number of phenolic OH excluding ortho intramolecular Hbond substituents is 1. The highest BCUT2D eigenvalue weighted by atomic mass is 16.3. The molecule has 0 saturated carbocycles. The second kappa shape index (κ2) is 11.3. The zero-order chi connectivity index (χ0) is 36.1. The molecule has 2 aliphatic carbocycles. The summed E-state index contributed by atoms with van der Waals surface area (Å²) in [6, 6.07) is 46.3. The SMILES string of the molecule is CC1(C)c2cc(-c3nc(-c4ccccc4)nc(-c4ccccc4)n3)ccc2-c2cc3c(cc21)-c1ccc(-c2ccc4cccnc4c2O)cc1C3(C)C. The van der Waals surface area contributed by atoms with Crippen LogP contribution in [0.2, 0.25) is 0 Å². The maximum Gasteiger partial charge on any atom is 0.164 e. The van der Waals surface area contributed by atoms with E-state index in [1.807, 2.05) is 84.9 Å². The van der Waals surface area contributed by atoms with Gasteiger partial charge < -0.3 is 5.11 Å². The van der Waals surface area contributed by atoms with Gasteiger partial charge in [0.25, 0.3) is 0 Å². The molecule has 10 rings (SSSR count). The molecule has 53 heavy (non-hydrogen) atoms. The summed E-state index contributed by atoms with van der Waals surface area (Å²) in [5.74, 6) is 2.20. The fraction of sp³-hybridized carbons (Fsp3) is 0.125. The first-order valence-electron chi connectivity index (χ1n) is 18.1. The number of aromatic nitrogens is 4. The van der Waals surface area contributed by atoms with E-state index in [-0.39, 0.29) is 16.6 Å². The molecule has 2 aliphatic rings. The van der Waals surface area contributed by atoms with Crippen LogP contribution in [0.1, 0.15) is 49.9 Å². The zero-order valence-electron chi connectivity index (χ0n) is 30.0. The summed E-state index contributed by atoms with van der Waals surface area (Å²) in [6.07, 6.45) is 1.73. The van der Waals surface area contributed by atoms with E-state index >= 15 is 0 Å². The van der Waals surface area contributed by atoms with Crippen molar-refractivity contribution in [2.45, 2.75) is 38.5 Å². The molecule has 0 aliphatic heterocycles. The van der Waals surface area contributed by atoms with Gasteiger partial charge in [0.05, 0.1) is 0 Å². The average Bonchev–Trinajstić information content (AvgIpc) is 3.56. The summed E-state index contributed by atoms with van der Waals surface area (Å²) in [5, 5.41) is 12.2. The Morgan fingerprint density at radius 2 is 0.887 bits per heavy atom. The van der Waals surface area contributed by atoms with Gasteiger partial charge in [-0.15, -0.1) is 0 Å². The molecular formula is C48H36N4O. The van der Waals surface area contributed by atoms with Crippen LogP contribution in [0.4, 0.5) is 0 Å². The Labute approximate surface area is 308 Å². The van der Waals surface area contributed by atoms with Crippen molar-refractivity contribution in [3.05, 3.63) is 162 Å². The van der Waals surface area contributed by atoms with Crippen LogP contribution < -0.4 is 0 Å². The standard InChI is InChI=1S/C48H36N4O/c1-47(2)38-24-31(33-20-17-28-16-11-23-49-42(28)43(33)53)18-21-34(38)36-26-41-37(27-40(36)47)35-22-19-32(25-39(35)48(41,3)4)46-51-44(29-12-7-5-8-13-29)50-45(52-46)30-14-9-6-10-15-30/h5-27,53H,1-4H3. The van der Waals surface area contributed by atoms with Crippen LogP contribution in [-0.2, 0) is 10.8 Å². The van der Waals surface area contributed by atoms with Crippen molar-refractivity contribution in [1.82, 2.24) is 19.9 Å². The number of nitrogens with zero attached hydrogens (tertiary/aromatic N) is 4. The molecule has 0 radical (unpaired) electrons. The van der Waals surface area contributed by atoms with Crippen LogP contribution in [0, 0.1) is 0 Å². The molecule has 0 bridgehead atoms. The Balaban J connectivity index is 1.07. The molecule has 254 valence electrons. The summed E-state index contributed by atoms with van der Waals surface area (Å²) >= 11 is 0. The molecule has 1 N–H and O–H groups in total. The minimum absolute atomic E-state index is 0.220. The highest BCUT2D eigenvalue weighted by Gasteiger charge is 2.42. The third-order valence-electron chi connectivity index (χ3n) is 11.5. The van der Waals surface area contributed by atoms with Gasteiger partial charge in [-0.2, -0.15) is 0 Å². The van der Waals surface area contributed by atoms with E-state index in [9.17, 15) is 5.11 Å². The fourth-order valence-electron chi connectivity index (χ4n) is 8.57. The van der Waals surface area contributed by atoms with Crippen molar-refractivity contribution in [1.29, 1.82) is 0 Å². The second-order valence-electron chi connectivity index (χ2n) is 15.3. The van der Waals surface area contributed by atoms with Crippen LogP contribution in [0.3, 0.4) is 0 Å². The number of pyridine rings is 1. The monoisotopic (exact) mass is 684 g/mol. The number of hydrogen-bond acceptors (Lipinski definition) is 5.